The summed E-state index contributed by atoms with van der Waals surface area (Å²) in [5.74, 6) is 0.776. The van der Waals surface area contributed by atoms with Crippen LogP contribution in [0.1, 0.15) is 5.56 Å². The Morgan fingerprint density at radius 1 is 1.12 bits per heavy atom. The average Bonchev–Trinajstić information content (AvgIpc) is 2.38. The lowest BCUT2D eigenvalue weighted by Gasteiger charge is -2.08. The second kappa shape index (κ2) is 5.60. The van der Waals surface area contributed by atoms with E-state index in [1.807, 2.05) is 55.6 Å². The van der Waals surface area contributed by atoms with Crippen molar-refractivity contribution in [3.63, 3.8) is 0 Å². The van der Waals surface area contributed by atoms with Crippen molar-refractivity contribution < 1.29 is 4.74 Å². The second-order valence-electron chi connectivity index (χ2n) is 3.67. The summed E-state index contributed by atoms with van der Waals surface area (Å²) >= 11 is 6.07. The van der Waals surface area contributed by atoms with Crippen molar-refractivity contribution in [1.29, 1.82) is 0 Å². The van der Waals surface area contributed by atoms with Crippen LogP contribution in [0.2, 0.25) is 5.02 Å². The standard InChI is InChI=1S/C14H14ClNO/c1-16-14-8-7-12(9-13(14)15)17-10-11-5-3-2-4-6-11/h2-9,16H,10H2,1H3. The summed E-state index contributed by atoms with van der Waals surface area (Å²) < 4.78 is 5.66. The smallest absolute Gasteiger partial charge is 0.121 e. The van der Waals surface area contributed by atoms with Gasteiger partial charge in [0.15, 0.2) is 0 Å². The number of halogens is 1. The summed E-state index contributed by atoms with van der Waals surface area (Å²) in [7, 11) is 1.84. The molecular weight excluding hydrogens is 234 g/mol. The first-order chi connectivity index (χ1) is 8.29. The Balaban J connectivity index is 2.02. The second-order valence-corrected chi connectivity index (χ2v) is 4.07. The third-order valence-electron chi connectivity index (χ3n) is 2.46. The van der Waals surface area contributed by atoms with E-state index in [0.29, 0.717) is 11.6 Å². The van der Waals surface area contributed by atoms with E-state index in [2.05, 4.69) is 5.32 Å². The largest absolute Gasteiger partial charge is 0.489 e. The van der Waals surface area contributed by atoms with Crippen LogP contribution in [-0.4, -0.2) is 7.05 Å². The summed E-state index contributed by atoms with van der Waals surface area (Å²) in [4.78, 5) is 0. The van der Waals surface area contributed by atoms with E-state index in [9.17, 15) is 0 Å². The van der Waals surface area contributed by atoms with Gasteiger partial charge in [-0.15, -0.1) is 0 Å². The number of hydrogen-bond acceptors (Lipinski definition) is 2. The minimum Gasteiger partial charge on any atom is -0.489 e. The van der Waals surface area contributed by atoms with Gasteiger partial charge in [0.25, 0.3) is 0 Å². The van der Waals surface area contributed by atoms with Crippen molar-refractivity contribution in [2.75, 3.05) is 12.4 Å². The van der Waals surface area contributed by atoms with Gasteiger partial charge in [-0.2, -0.15) is 0 Å². The number of anilines is 1. The normalized spacial score (nSPS) is 10.0. The molecule has 17 heavy (non-hydrogen) atoms. The van der Waals surface area contributed by atoms with Crippen LogP contribution < -0.4 is 10.1 Å². The Kier molecular flexibility index (Phi) is 3.89. The third kappa shape index (κ3) is 3.14. The fourth-order valence-electron chi connectivity index (χ4n) is 1.53. The van der Waals surface area contributed by atoms with Crippen LogP contribution in [0.3, 0.4) is 0 Å². The maximum atomic E-state index is 6.07. The van der Waals surface area contributed by atoms with Crippen LogP contribution in [0.25, 0.3) is 0 Å². The third-order valence-corrected chi connectivity index (χ3v) is 2.77. The quantitative estimate of drug-likeness (QED) is 0.883. The summed E-state index contributed by atoms with van der Waals surface area (Å²) in [6, 6.07) is 15.7. The highest BCUT2D eigenvalue weighted by Crippen LogP contribution is 2.26. The Morgan fingerprint density at radius 3 is 2.53 bits per heavy atom. The monoisotopic (exact) mass is 247 g/mol. The van der Waals surface area contributed by atoms with Crippen LogP contribution in [0.15, 0.2) is 48.5 Å². The number of hydrogen-bond donors (Lipinski definition) is 1. The van der Waals surface area contributed by atoms with Crippen molar-refractivity contribution >= 4 is 17.3 Å². The number of nitrogens with one attached hydrogen (secondary N) is 1. The van der Waals surface area contributed by atoms with E-state index in [4.69, 9.17) is 16.3 Å². The van der Waals surface area contributed by atoms with Crippen LogP contribution in [0.4, 0.5) is 5.69 Å². The molecule has 0 aliphatic rings. The Bertz CT molecular complexity index is 485. The van der Waals surface area contributed by atoms with Gasteiger partial charge in [0, 0.05) is 13.1 Å². The van der Waals surface area contributed by atoms with Gasteiger partial charge < -0.3 is 10.1 Å². The average molecular weight is 248 g/mol. The predicted octanol–water partition coefficient (Wildman–Crippen LogP) is 3.96. The van der Waals surface area contributed by atoms with Crippen LogP contribution in [0, 0.1) is 0 Å². The first-order valence-electron chi connectivity index (χ1n) is 5.43. The molecule has 1 N–H and O–H groups in total. The van der Waals surface area contributed by atoms with E-state index in [1.165, 1.54) is 0 Å². The molecule has 0 saturated carbocycles. The maximum absolute atomic E-state index is 6.07. The number of benzene rings is 2. The van der Waals surface area contributed by atoms with Gasteiger partial charge in [-0.1, -0.05) is 41.9 Å². The predicted molar refractivity (Wildman–Crippen MR) is 71.8 cm³/mol. The summed E-state index contributed by atoms with van der Waals surface area (Å²) in [5.41, 5.74) is 2.04. The van der Waals surface area contributed by atoms with Gasteiger partial charge in [-0.3, -0.25) is 0 Å². The van der Waals surface area contributed by atoms with Crippen molar-refractivity contribution in [1.82, 2.24) is 0 Å². The van der Waals surface area contributed by atoms with E-state index in [1.54, 1.807) is 0 Å². The van der Waals surface area contributed by atoms with Gasteiger partial charge >= 0.3 is 0 Å². The van der Waals surface area contributed by atoms with E-state index < -0.39 is 0 Å². The molecule has 0 saturated heterocycles. The molecule has 88 valence electrons. The van der Waals surface area contributed by atoms with Crippen LogP contribution in [-0.2, 0) is 6.61 Å². The molecule has 2 rings (SSSR count). The highest BCUT2D eigenvalue weighted by molar-refractivity contribution is 6.33. The first kappa shape index (κ1) is 11.8. The fourth-order valence-corrected chi connectivity index (χ4v) is 1.79. The summed E-state index contributed by atoms with van der Waals surface area (Å²) in [5, 5.41) is 3.67. The zero-order chi connectivity index (χ0) is 12.1. The Labute approximate surface area is 106 Å². The van der Waals surface area contributed by atoms with Gasteiger partial charge in [0.05, 0.1) is 10.7 Å². The van der Waals surface area contributed by atoms with Gasteiger partial charge in [0.1, 0.15) is 12.4 Å². The first-order valence-corrected chi connectivity index (χ1v) is 5.81. The number of ether oxygens (including phenoxy) is 1. The van der Waals surface area contributed by atoms with Gasteiger partial charge in [-0.25, -0.2) is 0 Å². The molecule has 2 aromatic carbocycles. The molecule has 2 aromatic rings. The van der Waals surface area contributed by atoms with E-state index >= 15 is 0 Å². The minimum absolute atomic E-state index is 0.552. The van der Waals surface area contributed by atoms with Crippen molar-refractivity contribution in [2.45, 2.75) is 6.61 Å². The lowest BCUT2D eigenvalue weighted by atomic mass is 10.2. The van der Waals surface area contributed by atoms with Crippen molar-refractivity contribution in [3.8, 4) is 5.75 Å². The Morgan fingerprint density at radius 2 is 1.88 bits per heavy atom. The zero-order valence-electron chi connectivity index (χ0n) is 9.61. The van der Waals surface area contributed by atoms with Crippen LogP contribution in [0.5, 0.6) is 5.75 Å². The highest BCUT2D eigenvalue weighted by atomic mass is 35.5. The molecule has 0 fully saturated rings. The number of rotatable bonds is 4. The van der Waals surface area contributed by atoms with E-state index in [0.717, 1.165) is 17.0 Å². The van der Waals surface area contributed by atoms with Gasteiger partial charge in [-0.05, 0) is 17.7 Å². The molecule has 0 aliphatic heterocycles. The van der Waals surface area contributed by atoms with Gasteiger partial charge in [0.2, 0.25) is 0 Å². The summed E-state index contributed by atoms with van der Waals surface area (Å²) in [6.45, 7) is 0.552. The molecule has 0 amide bonds. The maximum Gasteiger partial charge on any atom is 0.121 e. The van der Waals surface area contributed by atoms with Crippen LogP contribution >= 0.6 is 11.6 Å². The molecule has 0 aromatic heterocycles. The molecular formula is C14H14ClNO. The summed E-state index contributed by atoms with van der Waals surface area (Å²) in [6.07, 6.45) is 0. The molecule has 0 aliphatic carbocycles. The van der Waals surface area contributed by atoms with E-state index in [-0.39, 0.29) is 0 Å². The fraction of sp³-hybridized carbons (Fsp3) is 0.143. The molecule has 2 nitrogen and oxygen atoms in total. The molecule has 0 atom stereocenters. The lowest BCUT2D eigenvalue weighted by molar-refractivity contribution is 0.306. The molecule has 0 bridgehead atoms. The van der Waals surface area contributed by atoms with Crippen molar-refractivity contribution in [3.05, 3.63) is 59.1 Å². The topological polar surface area (TPSA) is 21.3 Å². The molecule has 0 heterocycles. The van der Waals surface area contributed by atoms with Crippen molar-refractivity contribution in [2.24, 2.45) is 0 Å². The zero-order valence-corrected chi connectivity index (χ0v) is 10.4. The Hall–Kier alpha value is -1.67. The lowest BCUT2D eigenvalue weighted by Crippen LogP contribution is -1.96. The molecule has 0 unspecified atom stereocenters. The molecule has 3 heteroatoms. The molecule has 0 radical (unpaired) electrons. The highest BCUT2D eigenvalue weighted by Gasteiger charge is 2.01. The SMILES string of the molecule is CNc1ccc(OCc2ccccc2)cc1Cl. The molecule has 0 spiro atoms. The minimum atomic E-state index is 0.552.